The molecular weight excluding hydrogens is 1840 g/mol. The van der Waals surface area contributed by atoms with Crippen LogP contribution in [0.15, 0.2) is 86.3 Å². The second-order valence-electron chi connectivity index (χ2n) is 28.5. The second-order valence-corrected chi connectivity index (χ2v) is 36.2. The zero-order chi connectivity index (χ0) is 91.1. The van der Waals surface area contributed by atoms with Gasteiger partial charge in [-0.3, -0.25) is 0 Å². The van der Waals surface area contributed by atoms with Gasteiger partial charge in [0.05, 0.1) is 0 Å². The summed E-state index contributed by atoms with van der Waals surface area (Å²) in [6.07, 6.45) is 12.2. The van der Waals surface area contributed by atoms with Crippen LogP contribution in [0, 0.1) is 0 Å². The molecule has 6 rings (SSSR count). The lowest BCUT2D eigenvalue weighted by atomic mass is 10.3. The molecule has 0 atom stereocenters. The molecule has 0 unspecified atom stereocenters. The number of rotatable bonds is 60. The van der Waals surface area contributed by atoms with Crippen LogP contribution < -0.4 is 102 Å². The van der Waals surface area contributed by atoms with Gasteiger partial charge in [0, 0.05) is 118 Å². The normalized spacial score (nSPS) is 11.3. The van der Waals surface area contributed by atoms with Crippen LogP contribution in [0.2, 0.25) is 0 Å². The molecule has 48 heteroatoms. The van der Waals surface area contributed by atoms with Crippen molar-refractivity contribution in [3.8, 4) is 0 Å². The average Bonchev–Trinajstić information content (AvgIpc) is 0.843. The van der Waals surface area contributed by atoms with Crippen molar-refractivity contribution in [3.05, 3.63) is 189 Å². The first-order valence-corrected chi connectivity index (χ1v) is 51.3. The van der Waals surface area contributed by atoms with E-state index in [4.69, 9.17) is 0 Å². The Morgan fingerprint density at radius 3 is 0.315 bits per heavy atom. The van der Waals surface area contributed by atoms with Crippen molar-refractivity contribution >= 4 is 149 Å². The van der Waals surface area contributed by atoms with Crippen LogP contribution in [0.5, 0.6) is 0 Å². The van der Waals surface area contributed by atoms with E-state index in [0.717, 1.165) is 103 Å². The van der Waals surface area contributed by atoms with E-state index in [9.17, 15) is 86.3 Å². The molecule has 0 spiro atoms. The van der Waals surface area contributed by atoms with Gasteiger partial charge < -0.3 is 0 Å². The molecule has 124 heavy (non-hydrogen) atoms. The zero-order valence-corrected chi connectivity index (χ0v) is 81.3. The number of thioether (sulfide) groups is 3. The minimum atomic E-state index is -0.680. The summed E-state index contributed by atoms with van der Waals surface area (Å²) in [7, 11) is 0. The van der Waals surface area contributed by atoms with Crippen LogP contribution in [0.1, 0.15) is 163 Å². The van der Waals surface area contributed by atoms with Gasteiger partial charge in [0.1, 0.15) is 0 Å². The molecule has 0 radical (unpaired) electrons. The van der Waals surface area contributed by atoms with Gasteiger partial charge in [-0.15, -0.1) is 0 Å². The molecule has 0 aliphatic carbocycles. The largest absolute Gasteiger partial charge is 0.336 e. The predicted molar refractivity (Wildman–Crippen MR) is 533 cm³/mol. The smallest absolute Gasteiger partial charge is 0.247 e. The van der Waals surface area contributed by atoms with Crippen LogP contribution in [0.3, 0.4) is 0 Å². The van der Waals surface area contributed by atoms with E-state index in [1.807, 2.05) is 20.8 Å². The topological polar surface area (TPSA) is 396 Å². The highest BCUT2D eigenvalue weighted by molar-refractivity contribution is 7.99. The Hall–Kier alpha value is -5.34. The molecule has 6 heterocycles. The number of aromatic nitrogens is 18. The summed E-state index contributed by atoms with van der Waals surface area (Å²) < 4.78 is 20.1. The van der Waals surface area contributed by atoms with Crippen molar-refractivity contribution in [2.75, 3.05) is 86.3 Å². The number of hydrogen-bond acceptors (Lipinski definition) is 30. The Morgan fingerprint density at radius 2 is 0.234 bits per heavy atom. The highest BCUT2D eigenvalue weighted by atomic mass is 32.2. The fraction of sp³-hybridized carbons (Fsp3) is 0.763. The van der Waals surface area contributed by atoms with Crippen LogP contribution in [-0.2, 0) is 118 Å². The molecule has 6 aromatic heterocycles. The molecule has 0 aliphatic heterocycles. The Labute approximate surface area is 780 Å². The Bertz CT molecular complexity index is 4900. The van der Waals surface area contributed by atoms with Crippen LogP contribution >= 0.6 is 149 Å². The number of unbranched alkanes of at least 4 members (excludes halogenated alkanes) is 3. The number of nitrogens with zero attached hydrogens (tertiary/aromatic N) is 18. The first kappa shape index (κ1) is 113. The standard InChI is InChI=1S/C37H61N9O9S6.C25H42N6O6S4.C13H23N3O3S2.CH4/c1-2-3-12-38-29(47)39(13-4-21-56)32(50)43(30(38)48)17-8-25-60-27-10-19-45-35(53)42(16-7-24-59)36(54)46(37(45)55)20-11-28-61-26-9-18-44-33(51)40(14-5-22-57)31(49)41(34(44)52)15-6-23-58;1-2-3-9-26-20(32)27(10-4-15-38)23(35)30(21(26)33)13-7-18-41-19-8-14-31-24(36)28(11-5-16-39)22(34)29(25(31)37)12-6-17-40;1-2-3-6-14-11(17)15(7-4-9-20)13(19)16(12(14)18)8-5-10-21;/h56-59H,2-28H2,1H3;38-40H,2-19H2,1H3;20-21H,2-10H2,1H3;1H4. The average molecular weight is 1970 g/mol. The van der Waals surface area contributed by atoms with Gasteiger partial charge in [0.15, 0.2) is 0 Å². The van der Waals surface area contributed by atoms with Gasteiger partial charge in [-0.05, 0) is 202 Å². The molecule has 36 nitrogen and oxygen atoms in total. The van der Waals surface area contributed by atoms with Crippen molar-refractivity contribution in [1.29, 1.82) is 0 Å². The molecule has 0 saturated carbocycles. The Balaban J connectivity index is 0.000000539. The minimum Gasteiger partial charge on any atom is -0.247 e. The lowest BCUT2D eigenvalue weighted by Crippen LogP contribution is -2.54. The summed E-state index contributed by atoms with van der Waals surface area (Å²) in [5.74, 6) is 8.16. The highest BCUT2D eigenvalue weighted by Crippen LogP contribution is 2.10. The number of thiol groups is 9. The van der Waals surface area contributed by atoms with E-state index in [2.05, 4.69) is 114 Å². The predicted octanol–water partition coefficient (Wildman–Crippen LogP) is 2.53. The molecule has 0 aromatic carbocycles. The Kier molecular flexibility index (Phi) is 57.2. The summed E-state index contributed by atoms with van der Waals surface area (Å²) in [6, 6.07) is 0. The highest BCUT2D eigenvalue weighted by Gasteiger charge is 2.23. The van der Waals surface area contributed by atoms with Gasteiger partial charge in [-0.2, -0.15) is 149 Å². The molecule has 6 aromatic rings. The minimum absolute atomic E-state index is 0. The fourth-order valence-corrected chi connectivity index (χ4v) is 16.7. The third-order valence-corrected chi connectivity index (χ3v) is 25.7. The summed E-state index contributed by atoms with van der Waals surface area (Å²) in [4.78, 5) is 233. The van der Waals surface area contributed by atoms with Crippen molar-refractivity contribution < 1.29 is 0 Å². The SMILES string of the molecule is C.CCCCn1c(=O)n(CCCS)c(=O)n(CCCS)c1=O.CCCCn1c(=O)n(CCCS)c(=O)n(CCCSCCCn2c(=O)n(CCCS)c(=O)n(CCCS)c2=O)c1=O.CCCCn1c(=O)n(CCCS)c(=O)n(CCCSCCCn2c(=O)n(CCCS)c(=O)n(CCCSCCCn3c(=O)n(CCCS)c(=O)n(CCCS)c3=O)c2=O)c1=O. The summed E-state index contributed by atoms with van der Waals surface area (Å²) >= 11 is 42.1. The lowest BCUT2D eigenvalue weighted by Gasteiger charge is -2.14. The molecular formula is C76H130N18O18S12. The summed E-state index contributed by atoms with van der Waals surface area (Å²) in [5.41, 5.74) is -10.9. The molecule has 0 fully saturated rings. The van der Waals surface area contributed by atoms with E-state index in [-0.39, 0.29) is 119 Å². The van der Waals surface area contributed by atoms with Gasteiger partial charge >= 0.3 is 102 Å². The maximum atomic E-state index is 13.5. The zero-order valence-electron chi connectivity index (χ0n) is 70.8. The van der Waals surface area contributed by atoms with Gasteiger partial charge in [-0.25, -0.2) is 169 Å². The quantitative estimate of drug-likeness (QED) is 0.0196. The summed E-state index contributed by atoms with van der Waals surface area (Å²) in [6.45, 7) is 9.33. The monoisotopic (exact) mass is 1970 g/mol. The van der Waals surface area contributed by atoms with Crippen LogP contribution in [-0.4, -0.2) is 169 Å². The van der Waals surface area contributed by atoms with Crippen LogP contribution in [0.25, 0.3) is 0 Å². The second kappa shape index (κ2) is 62.8. The maximum Gasteiger partial charge on any atom is 0.336 e. The molecule has 0 amide bonds. The fourth-order valence-electron chi connectivity index (χ4n) is 12.8. The van der Waals surface area contributed by atoms with E-state index in [1.54, 1.807) is 23.5 Å². The third-order valence-electron chi connectivity index (χ3n) is 19.4. The van der Waals surface area contributed by atoms with E-state index >= 15 is 0 Å². The first-order valence-electron chi connectivity index (χ1n) is 42.1. The molecule has 0 bridgehead atoms. The lowest BCUT2D eigenvalue weighted by molar-refractivity contribution is 0.434. The maximum absolute atomic E-state index is 13.5. The Morgan fingerprint density at radius 1 is 0.153 bits per heavy atom. The first-order chi connectivity index (χ1) is 59.2. The number of hydrogen-bond donors (Lipinski definition) is 9. The summed E-state index contributed by atoms with van der Waals surface area (Å²) in [5, 5.41) is 0. The van der Waals surface area contributed by atoms with E-state index in [0.29, 0.717) is 202 Å². The molecule has 0 N–H and O–H groups in total. The van der Waals surface area contributed by atoms with Gasteiger partial charge in [0.25, 0.3) is 0 Å². The van der Waals surface area contributed by atoms with Gasteiger partial charge in [-0.1, -0.05) is 47.5 Å². The van der Waals surface area contributed by atoms with E-state index in [1.165, 1.54) is 16.3 Å². The van der Waals surface area contributed by atoms with E-state index < -0.39 is 102 Å². The van der Waals surface area contributed by atoms with Crippen molar-refractivity contribution in [2.45, 2.75) is 281 Å². The van der Waals surface area contributed by atoms with Gasteiger partial charge in [0.2, 0.25) is 0 Å². The van der Waals surface area contributed by atoms with Crippen molar-refractivity contribution in [3.63, 3.8) is 0 Å². The van der Waals surface area contributed by atoms with Crippen LogP contribution in [0.4, 0.5) is 0 Å². The molecule has 0 saturated heterocycles. The molecule has 0 aliphatic rings. The van der Waals surface area contributed by atoms with Crippen molar-refractivity contribution in [1.82, 2.24) is 82.2 Å². The molecule has 704 valence electrons. The van der Waals surface area contributed by atoms with Crippen molar-refractivity contribution in [2.24, 2.45) is 0 Å². The third kappa shape index (κ3) is 33.2.